The summed E-state index contributed by atoms with van der Waals surface area (Å²) in [5.74, 6) is 1.14. The van der Waals surface area contributed by atoms with E-state index < -0.39 is 0 Å². The second-order valence-electron chi connectivity index (χ2n) is 6.17. The van der Waals surface area contributed by atoms with Crippen molar-refractivity contribution in [3.63, 3.8) is 0 Å². The van der Waals surface area contributed by atoms with E-state index in [1.165, 1.54) is 11.0 Å². The number of hydrogen-bond acceptors (Lipinski definition) is 6. The number of carbonyl (C=O) groups excluding carboxylic acids is 1. The summed E-state index contributed by atoms with van der Waals surface area (Å²) < 4.78 is 10.8. The fraction of sp³-hybridized carbons (Fsp3) is 0.400. The van der Waals surface area contributed by atoms with Gasteiger partial charge in [0.05, 0.1) is 19.4 Å². The highest BCUT2D eigenvalue weighted by molar-refractivity contribution is 7.15. The molecule has 0 fully saturated rings. The van der Waals surface area contributed by atoms with Crippen molar-refractivity contribution in [2.45, 2.75) is 26.8 Å². The quantitative estimate of drug-likeness (QED) is 0.736. The first kappa shape index (κ1) is 19.4. The third kappa shape index (κ3) is 4.87. The van der Waals surface area contributed by atoms with Crippen LogP contribution in [0.4, 0.5) is 5.13 Å². The summed E-state index contributed by atoms with van der Waals surface area (Å²) >= 11 is 1.56. The first-order chi connectivity index (χ1) is 13.1. The van der Waals surface area contributed by atoms with Crippen molar-refractivity contribution in [3.05, 3.63) is 40.4 Å². The molecule has 1 N–H and O–H groups in total. The van der Waals surface area contributed by atoms with Gasteiger partial charge in [0.2, 0.25) is 5.91 Å². The Labute approximate surface area is 163 Å². The van der Waals surface area contributed by atoms with Gasteiger partial charge in [0, 0.05) is 30.5 Å². The second kappa shape index (κ2) is 9.01. The number of hydrogen-bond donors (Lipinski definition) is 1. The lowest BCUT2D eigenvalue weighted by Gasteiger charge is -2.23. The Morgan fingerprint density at radius 3 is 2.96 bits per heavy atom. The van der Waals surface area contributed by atoms with Gasteiger partial charge >= 0.3 is 0 Å². The molecule has 1 aromatic heterocycles. The predicted octanol–water partition coefficient (Wildman–Crippen LogP) is 3.58. The largest absolute Gasteiger partial charge is 0.493 e. The molecule has 0 atom stereocenters. The number of nitrogens with one attached hydrogen (secondary N) is 1. The number of likely N-dealkylation sites (N-methyl/N-ethyl adjacent to an activating group) is 1. The van der Waals surface area contributed by atoms with Gasteiger partial charge in [0.15, 0.2) is 16.6 Å². The highest BCUT2D eigenvalue weighted by Gasteiger charge is 2.20. The van der Waals surface area contributed by atoms with Crippen LogP contribution in [0.3, 0.4) is 0 Å². The minimum absolute atomic E-state index is 0.192. The first-order valence-electron chi connectivity index (χ1n) is 9.13. The number of ether oxygens (including phenoxy) is 2. The van der Waals surface area contributed by atoms with Crippen molar-refractivity contribution in [1.82, 2.24) is 9.88 Å². The van der Waals surface area contributed by atoms with Crippen molar-refractivity contribution in [2.75, 3.05) is 32.1 Å². The van der Waals surface area contributed by atoms with Gasteiger partial charge < -0.3 is 9.47 Å². The summed E-state index contributed by atoms with van der Waals surface area (Å²) in [5, 5.41) is 3.54. The predicted molar refractivity (Wildman–Crippen MR) is 109 cm³/mol. The van der Waals surface area contributed by atoms with Gasteiger partial charge in [0.25, 0.3) is 0 Å². The molecule has 1 aromatic carbocycles. The summed E-state index contributed by atoms with van der Waals surface area (Å²) in [6.45, 7) is 7.61. The summed E-state index contributed by atoms with van der Waals surface area (Å²) in [7, 11) is 1.61. The smallest absolute Gasteiger partial charge is 0.250 e. The Morgan fingerprint density at radius 2 is 2.22 bits per heavy atom. The van der Waals surface area contributed by atoms with E-state index >= 15 is 0 Å². The third-order valence-electron chi connectivity index (χ3n) is 4.40. The van der Waals surface area contributed by atoms with Crippen molar-refractivity contribution in [3.8, 4) is 11.5 Å². The number of methoxy groups -OCH3 is 1. The van der Waals surface area contributed by atoms with Gasteiger partial charge in [-0.15, -0.1) is 11.3 Å². The lowest BCUT2D eigenvalue weighted by atomic mass is 10.2. The van der Waals surface area contributed by atoms with Gasteiger partial charge in [-0.1, -0.05) is 13.0 Å². The van der Waals surface area contributed by atoms with Gasteiger partial charge in [-0.25, -0.2) is 4.98 Å². The molecule has 1 amide bonds. The molecule has 3 rings (SSSR count). The SMILES string of the molecule is CCOc1cc(/C=C/C(=O)Nc2nc3c(s2)CN(CC)CC3)ccc1OC. The van der Waals surface area contributed by atoms with Gasteiger partial charge in [-0.3, -0.25) is 15.0 Å². The monoisotopic (exact) mass is 387 g/mol. The molecule has 2 aromatic rings. The number of carbonyl (C=O) groups is 1. The van der Waals surface area contributed by atoms with E-state index in [4.69, 9.17) is 9.47 Å². The van der Waals surface area contributed by atoms with Crippen molar-refractivity contribution in [2.24, 2.45) is 0 Å². The number of benzene rings is 1. The van der Waals surface area contributed by atoms with Crippen molar-refractivity contribution < 1.29 is 14.3 Å². The number of anilines is 1. The molecule has 1 aliphatic heterocycles. The fourth-order valence-corrected chi connectivity index (χ4v) is 4.01. The number of amides is 1. The Hall–Kier alpha value is -2.38. The molecule has 144 valence electrons. The van der Waals surface area contributed by atoms with Gasteiger partial charge in [-0.2, -0.15) is 0 Å². The Morgan fingerprint density at radius 1 is 1.37 bits per heavy atom. The highest BCUT2D eigenvalue weighted by Crippen LogP contribution is 2.29. The maximum atomic E-state index is 12.3. The number of aromatic nitrogens is 1. The van der Waals surface area contributed by atoms with Crippen LogP contribution < -0.4 is 14.8 Å². The molecule has 27 heavy (non-hydrogen) atoms. The van der Waals surface area contributed by atoms with E-state index in [1.54, 1.807) is 24.5 Å². The molecule has 0 unspecified atom stereocenters. The Balaban J connectivity index is 1.64. The minimum atomic E-state index is -0.192. The standard InChI is InChI=1S/C20H25N3O3S/c1-4-23-11-10-15-18(13-23)27-20(21-15)22-19(24)9-7-14-6-8-16(25-3)17(12-14)26-5-2/h6-9,12H,4-5,10-11,13H2,1-3H3,(H,21,22,24)/b9-7+. The first-order valence-corrected chi connectivity index (χ1v) is 9.95. The zero-order valence-corrected chi connectivity index (χ0v) is 16.8. The molecule has 7 heteroatoms. The highest BCUT2D eigenvalue weighted by atomic mass is 32.1. The lowest BCUT2D eigenvalue weighted by molar-refractivity contribution is -0.111. The molecule has 0 saturated carbocycles. The molecule has 0 saturated heterocycles. The molecular weight excluding hydrogens is 362 g/mol. The summed E-state index contributed by atoms with van der Waals surface area (Å²) in [5.41, 5.74) is 1.98. The van der Waals surface area contributed by atoms with Crippen LogP contribution in [0.25, 0.3) is 6.08 Å². The van der Waals surface area contributed by atoms with Crippen molar-refractivity contribution in [1.29, 1.82) is 0 Å². The molecule has 0 bridgehead atoms. The molecule has 1 aliphatic rings. The zero-order chi connectivity index (χ0) is 19.2. The van der Waals surface area contributed by atoms with Crippen LogP contribution in [0.1, 0.15) is 30.0 Å². The maximum Gasteiger partial charge on any atom is 0.250 e. The van der Waals surface area contributed by atoms with Crippen LogP contribution in [0.2, 0.25) is 0 Å². The Bertz CT molecular complexity index is 832. The molecule has 0 spiro atoms. The van der Waals surface area contributed by atoms with Crippen LogP contribution in [-0.2, 0) is 17.8 Å². The van der Waals surface area contributed by atoms with E-state index in [9.17, 15) is 4.79 Å². The fourth-order valence-electron chi connectivity index (χ4n) is 2.96. The average molecular weight is 388 g/mol. The second-order valence-corrected chi connectivity index (χ2v) is 7.26. The summed E-state index contributed by atoms with van der Waals surface area (Å²) in [6.07, 6.45) is 4.21. The normalized spacial score (nSPS) is 14.2. The maximum absolute atomic E-state index is 12.3. The van der Waals surface area contributed by atoms with E-state index in [1.807, 2.05) is 25.1 Å². The van der Waals surface area contributed by atoms with E-state index in [0.717, 1.165) is 37.3 Å². The van der Waals surface area contributed by atoms with Crippen LogP contribution in [0.5, 0.6) is 11.5 Å². The average Bonchev–Trinajstić information content (AvgIpc) is 3.08. The topological polar surface area (TPSA) is 63.7 Å². The van der Waals surface area contributed by atoms with E-state index in [-0.39, 0.29) is 5.91 Å². The lowest BCUT2D eigenvalue weighted by Crippen LogP contribution is -2.29. The van der Waals surface area contributed by atoms with Crippen LogP contribution in [-0.4, -0.2) is 42.6 Å². The molecular formula is C20H25N3O3S. The van der Waals surface area contributed by atoms with Gasteiger partial charge in [-0.05, 0) is 37.2 Å². The molecule has 0 aliphatic carbocycles. The molecule has 6 nitrogen and oxygen atoms in total. The van der Waals surface area contributed by atoms with Crippen LogP contribution in [0.15, 0.2) is 24.3 Å². The Kier molecular flexibility index (Phi) is 6.47. The van der Waals surface area contributed by atoms with Crippen LogP contribution >= 0.6 is 11.3 Å². The zero-order valence-electron chi connectivity index (χ0n) is 15.9. The third-order valence-corrected chi connectivity index (χ3v) is 5.40. The van der Waals surface area contributed by atoms with E-state index in [0.29, 0.717) is 23.2 Å². The summed E-state index contributed by atoms with van der Waals surface area (Å²) in [4.78, 5) is 20.4. The number of thiazole rings is 1. The van der Waals surface area contributed by atoms with Gasteiger partial charge in [0.1, 0.15) is 0 Å². The molecule has 0 radical (unpaired) electrons. The van der Waals surface area contributed by atoms with Crippen molar-refractivity contribution >= 4 is 28.5 Å². The number of fused-ring (bicyclic) bond motifs is 1. The van der Waals surface area contributed by atoms with E-state index in [2.05, 4.69) is 22.1 Å². The van der Waals surface area contributed by atoms with Crippen LogP contribution in [0, 0.1) is 0 Å². The number of nitrogens with zero attached hydrogens (tertiary/aromatic N) is 2. The number of rotatable bonds is 7. The minimum Gasteiger partial charge on any atom is -0.493 e. The molecule has 2 heterocycles. The summed E-state index contributed by atoms with van der Waals surface area (Å²) in [6, 6.07) is 5.57.